The molecule has 0 aromatic carbocycles. The summed E-state index contributed by atoms with van der Waals surface area (Å²) in [7, 11) is 0. The molecular formula is C66H130O4. The predicted molar refractivity (Wildman–Crippen MR) is 310 cm³/mol. The van der Waals surface area contributed by atoms with Crippen LogP contribution in [0.1, 0.15) is 375 Å². The van der Waals surface area contributed by atoms with Crippen molar-refractivity contribution in [3.63, 3.8) is 0 Å². The zero-order valence-corrected chi connectivity index (χ0v) is 49.1. The molecule has 0 aliphatic rings. The largest absolute Gasteiger partial charge is 0.465 e. The summed E-state index contributed by atoms with van der Waals surface area (Å²) in [5.41, 5.74) is 0. The van der Waals surface area contributed by atoms with Crippen LogP contribution in [0, 0.1) is 23.7 Å². The number of hydrogen-bond donors (Lipinski definition) is 0. The van der Waals surface area contributed by atoms with E-state index in [1.54, 1.807) is 0 Å². The molecule has 0 aliphatic carbocycles. The fraction of sp³-hybridized carbons (Fsp3) is 0.970. The lowest BCUT2D eigenvalue weighted by Crippen LogP contribution is -2.34. The number of rotatable bonds is 59. The van der Waals surface area contributed by atoms with E-state index >= 15 is 0 Å². The lowest BCUT2D eigenvalue weighted by molar-refractivity contribution is -0.163. The summed E-state index contributed by atoms with van der Waals surface area (Å²) in [6.45, 7) is 14.8. The van der Waals surface area contributed by atoms with Crippen LogP contribution in [0.5, 0.6) is 0 Å². The summed E-state index contributed by atoms with van der Waals surface area (Å²) in [5, 5.41) is 0. The molecule has 0 amide bonds. The van der Waals surface area contributed by atoms with E-state index in [-0.39, 0.29) is 11.9 Å². The Kier molecular flexibility index (Phi) is 56.4. The molecule has 0 radical (unpaired) electrons. The molecule has 0 bridgehead atoms. The summed E-state index contributed by atoms with van der Waals surface area (Å²) >= 11 is 0. The van der Waals surface area contributed by atoms with E-state index in [0.717, 1.165) is 64.2 Å². The number of ether oxygens (including phenoxy) is 2. The van der Waals surface area contributed by atoms with Crippen molar-refractivity contribution in [3.05, 3.63) is 0 Å². The Hall–Kier alpha value is -1.06. The van der Waals surface area contributed by atoms with Gasteiger partial charge in [-0.1, -0.05) is 337 Å². The molecule has 4 heteroatoms. The number of carbonyl (C=O) groups is 2. The monoisotopic (exact) mass is 987 g/mol. The van der Waals surface area contributed by atoms with Gasteiger partial charge in [0.25, 0.3) is 0 Å². The minimum absolute atomic E-state index is 0.0970. The Bertz CT molecular complexity index is 1030. The van der Waals surface area contributed by atoms with Gasteiger partial charge in [-0.05, 0) is 50.4 Å². The molecule has 4 unspecified atom stereocenters. The molecule has 70 heavy (non-hydrogen) atoms. The first kappa shape index (κ1) is 68.9. The minimum atomic E-state index is -0.395. The van der Waals surface area contributed by atoms with E-state index in [0.29, 0.717) is 25.0 Å². The third kappa shape index (κ3) is 46.7. The lowest BCUT2D eigenvalue weighted by Gasteiger charge is -2.27. The summed E-state index contributed by atoms with van der Waals surface area (Å²) in [5.74, 6) is -0.139. The Morgan fingerprint density at radius 2 is 0.386 bits per heavy atom. The van der Waals surface area contributed by atoms with Crippen LogP contribution in [-0.4, -0.2) is 25.2 Å². The van der Waals surface area contributed by atoms with E-state index in [2.05, 4.69) is 41.5 Å². The number of carbonyl (C=O) groups excluding carboxylic acids is 2. The van der Waals surface area contributed by atoms with Gasteiger partial charge >= 0.3 is 11.9 Å². The quantitative estimate of drug-likeness (QED) is 0.0450. The van der Waals surface area contributed by atoms with Gasteiger partial charge in [0.2, 0.25) is 0 Å². The van der Waals surface area contributed by atoms with Crippen molar-refractivity contribution in [3.8, 4) is 0 Å². The standard InChI is InChI=1S/C66H130O4/c1-7-13-19-25-29-31-33-35-36-38-40-42-46-52-58-64(66(68)70-60-62(54-48-24-18-12-6)56-50-44-28-22-16-10-4)63(57-51-45-41-39-37-34-32-30-26-20-14-8-2)65(67)69-59-61(53-47-23-17-11-5)55-49-43-27-21-15-9-3/h61-64H,7-60H2,1-6H3. The predicted octanol–water partition coefficient (Wildman–Crippen LogP) is 22.9. The minimum Gasteiger partial charge on any atom is -0.465 e. The first-order chi connectivity index (χ1) is 34.5. The van der Waals surface area contributed by atoms with Crippen LogP contribution in [0.3, 0.4) is 0 Å². The smallest absolute Gasteiger partial charge is 0.309 e. The van der Waals surface area contributed by atoms with Gasteiger partial charge in [-0.25, -0.2) is 0 Å². The maximum atomic E-state index is 14.7. The van der Waals surface area contributed by atoms with Crippen LogP contribution in [-0.2, 0) is 19.1 Å². The number of unbranched alkanes of at least 4 members (excludes halogenated alkanes) is 40. The molecule has 0 saturated heterocycles. The van der Waals surface area contributed by atoms with Crippen molar-refractivity contribution < 1.29 is 19.1 Å². The second-order valence-electron chi connectivity index (χ2n) is 23.1. The van der Waals surface area contributed by atoms with E-state index < -0.39 is 11.8 Å². The van der Waals surface area contributed by atoms with Crippen LogP contribution in [0.15, 0.2) is 0 Å². The molecule has 0 aromatic heterocycles. The van der Waals surface area contributed by atoms with Crippen LogP contribution < -0.4 is 0 Å². The summed E-state index contributed by atoms with van der Waals surface area (Å²) in [6.07, 6.45) is 65.7. The number of hydrogen-bond acceptors (Lipinski definition) is 4. The van der Waals surface area contributed by atoms with E-state index in [1.165, 1.54) is 270 Å². The highest BCUT2D eigenvalue weighted by molar-refractivity contribution is 5.82. The normalized spacial score (nSPS) is 13.4. The topological polar surface area (TPSA) is 52.6 Å². The maximum Gasteiger partial charge on any atom is 0.309 e. The molecule has 0 N–H and O–H groups in total. The van der Waals surface area contributed by atoms with Crippen molar-refractivity contribution in [2.24, 2.45) is 23.7 Å². The highest BCUT2D eigenvalue weighted by Gasteiger charge is 2.36. The Morgan fingerprint density at radius 3 is 0.586 bits per heavy atom. The van der Waals surface area contributed by atoms with E-state index in [9.17, 15) is 9.59 Å². The Labute approximate surface area is 441 Å². The van der Waals surface area contributed by atoms with E-state index in [4.69, 9.17) is 9.47 Å². The zero-order chi connectivity index (χ0) is 51.1. The third-order valence-electron chi connectivity index (χ3n) is 16.1. The van der Waals surface area contributed by atoms with Crippen molar-refractivity contribution in [2.45, 2.75) is 375 Å². The molecule has 418 valence electrons. The Balaban J connectivity index is 6.03. The molecule has 0 aliphatic heterocycles. The average molecular weight is 988 g/mol. The lowest BCUT2D eigenvalue weighted by atomic mass is 9.83. The Morgan fingerprint density at radius 1 is 0.229 bits per heavy atom. The number of esters is 2. The van der Waals surface area contributed by atoms with Crippen molar-refractivity contribution in [1.82, 2.24) is 0 Å². The maximum absolute atomic E-state index is 14.7. The second kappa shape index (κ2) is 57.2. The molecule has 4 nitrogen and oxygen atoms in total. The molecule has 0 aromatic rings. The van der Waals surface area contributed by atoms with Gasteiger partial charge in [0.1, 0.15) is 0 Å². The molecule has 0 saturated carbocycles. The van der Waals surface area contributed by atoms with Gasteiger partial charge in [0, 0.05) is 0 Å². The molecule has 0 fully saturated rings. The van der Waals surface area contributed by atoms with Crippen molar-refractivity contribution in [1.29, 1.82) is 0 Å². The van der Waals surface area contributed by atoms with Gasteiger partial charge in [0.05, 0.1) is 25.0 Å². The van der Waals surface area contributed by atoms with Gasteiger partial charge in [0.15, 0.2) is 0 Å². The average Bonchev–Trinajstić information content (AvgIpc) is 3.36. The van der Waals surface area contributed by atoms with Crippen LogP contribution >= 0.6 is 0 Å². The molecule has 0 spiro atoms. The summed E-state index contributed by atoms with van der Waals surface area (Å²) < 4.78 is 13.0. The summed E-state index contributed by atoms with van der Waals surface area (Å²) in [4.78, 5) is 29.3. The molecule has 4 atom stereocenters. The summed E-state index contributed by atoms with van der Waals surface area (Å²) in [6, 6.07) is 0. The first-order valence-electron chi connectivity index (χ1n) is 32.8. The van der Waals surface area contributed by atoms with Crippen molar-refractivity contribution >= 4 is 11.9 Å². The third-order valence-corrected chi connectivity index (χ3v) is 16.1. The zero-order valence-electron chi connectivity index (χ0n) is 49.1. The molecule has 0 rings (SSSR count). The fourth-order valence-corrected chi connectivity index (χ4v) is 11.1. The van der Waals surface area contributed by atoms with Crippen molar-refractivity contribution in [2.75, 3.05) is 13.2 Å². The molecular weight excluding hydrogens is 857 g/mol. The first-order valence-corrected chi connectivity index (χ1v) is 32.8. The second-order valence-corrected chi connectivity index (χ2v) is 23.1. The highest BCUT2D eigenvalue weighted by Crippen LogP contribution is 2.31. The highest BCUT2D eigenvalue weighted by atomic mass is 16.5. The van der Waals surface area contributed by atoms with Gasteiger partial charge in [-0.2, -0.15) is 0 Å². The van der Waals surface area contributed by atoms with Gasteiger partial charge in [-0.15, -0.1) is 0 Å². The van der Waals surface area contributed by atoms with Crippen LogP contribution in [0.2, 0.25) is 0 Å². The SMILES string of the molecule is CCCCCCCCCCCCCCCCC(C(=O)OCC(CCCCCC)CCCCCCCC)C(CCCCCCCCCCCCCC)C(=O)OCC(CCCCCC)CCCCCCCC. The van der Waals surface area contributed by atoms with Crippen LogP contribution in [0.25, 0.3) is 0 Å². The van der Waals surface area contributed by atoms with Gasteiger partial charge < -0.3 is 9.47 Å². The van der Waals surface area contributed by atoms with Gasteiger partial charge in [-0.3, -0.25) is 9.59 Å². The van der Waals surface area contributed by atoms with E-state index in [1.807, 2.05) is 0 Å². The fourth-order valence-electron chi connectivity index (χ4n) is 11.1. The molecule has 0 heterocycles. The van der Waals surface area contributed by atoms with Crippen LogP contribution in [0.4, 0.5) is 0 Å².